The number of benzene rings is 1. The van der Waals surface area contributed by atoms with E-state index in [0.29, 0.717) is 29.4 Å². The summed E-state index contributed by atoms with van der Waals surface area (Å²) in [6.45, 7) is 0.0578. The number of rotatable bonds is 8. The summed E-state index contributed by atoms with van der Waals surface area (Å²) < 4.78 is 42.7. The number of piperidine rings is 1. The van der Waals surface area contributed by atoms with Crippen molar-refractivity contribution in [3.63, 3.8) is 0 Å². The highest BCUT2D eigenvalue weighted by atomic mass is 19.1. The molecule has 1 aliphatic carbocycles. The van der Waals surface area contributed by atoms with Gasteiger partial charge in [0.05, 0.1) is 36.2 Å². The van der Waals surface area contributed by atoms with Crippen LogP contribution in [0.15, 0.2) is 53.7 Å². The molecule has 12 heteroatoms. The Morgan fingerprint density at radius 2 is 1.98 bits per heavy atom. The van der Waals surface area contributed by atoms with Gasteiger partial charge in [-0.2, -0.15) is 4.39 Å². The van der Waals surface area contributed by atoms with Gasteiger partial charge in [-0.15, -0.1) is 0 Å². The number of aromatic carboxylic acids is 1. The topological polar surface area (TPSA) is 110 Å². The minimum Gasteiger partial charge on any atom is -0.493 e. The van der Waals surface area contributed by atoms with Gasteiger partial charge in [-0.3, -0.25) is 4.79 Å². The number of carboxylic acid groups (broad SMARTS) is 1. The number of fused-ring (bicyclic) bond motifs is 2. The highest BCUT2D eigenvalue weighted by Crippen LogP contribution is 2.50. The average Bonchev–Trinajstić information content (AvgIpc) is 3.63. The lowest BCUT2D eigenvalue weighted by atomic mass is 10.1. The van der Waals surface area contributed by atoms with Gasteiger partial charge < -0.3 is 28.9 Å². The smallest absolute Gasteiger partial charge is 0.341 e. The largest absolute Gasteiger partial charge is 0.493 e. The van der Waals surface area contributed by atoms with Crippen LogP contribution in [-0.2, 0) is 0 Å². The molecule has 2 aliphatic rings. The van der Waals surface area contributed by atoms with Gasteiger partial charge in [0.25, 0.3) is 5.88 Å². The molecule has 2 fully saturated rings. The predicted octanol–water partition coefficient (Wildman–Crippen LogP) is 3.88. The molecule has 3 aromatic heterocycles. The second kappa shape index (κ2) is 10.0. The summed E-state index contributed by atoms with van der Waals surface area (Å²) in [5, 5.41) is 9.63. The molecule has 3 atom stereocenters. The van der Waals surface area contributed by atoms with Gasteiger partial charge in [0.1, 0.15) is 23.8 Å². The SMILES string of the molecule is COc1ccnc(OC[C@H]2C[C@H]3C[C@H]3N2c2cc3c(cc2F)c(=O)c(C(=O)O)cn3-c2ccc(N(C)C)nc2)c1F. The Morgan fingerprint density at radius 3 is 2.66 bits per heavy atom. The van der Waals surface area contributed by atoms with Crippen molar-refractivity contribution in [1.29, 1.82) is 0 Å². The van der Waals surface area contributed by atoms with Gasteiger partial charge in [-0.25, -0.2) is 19.2 Å². The Labute approximate surface area is 233 Å². The standard InChI is InChI=1S/C29H27F2N5O5/c1-34(2)25-5-4-16(12-33-25)35-13-19(29(38)39)27(37)18-10-20(30)23(11-22(18)35)36-17(8-15-9-21(15)36)14-41-28-26(31)24(40-3)6-7-32-28/h4-7,10-13,15,17,21H,8-9,14H2,1-3H3,(H,38,39)/t15-,17+,21+/m0/s1. The molecule has 212 valence electrons. The first-order valence-corrected chi connectivity index (χ1v) is 13.0. The number of anilines is 2. The summed E-state index contributed by atoms with van der Waals surface area (Å²) in [7, 11) is 5.03. The molecule has 41 heavy (non-hydrogen) atoms. The number of hydrogen-bond donors (Lipinski definition) is 1. The molecular formula is C29H27F2N5O5. The molecule has 0 amide bonds. The quantitative estimate of drug-likeness (QED) is 0.342. The molecule has 0 bridgehead atoms. The molecule has 0 radical (unpaired) electrons. The van der Waals surface area contributed by atoms with Crippen molar-refractivity contribution < 1.29 is 28.2 Å². The molecule has 1 saturated heterocycles. The number of halogens is 2. The van der Waals surface area contributed by atoms with E-state index < -0.39 is 28.6 Å². The number of pyridine rings is 3. The van der Waals surface area contributed by atoms with Crippen molar-refractivity contribution in [1.82, 2.24) is 14.5 Å². The number of ether oxygens (including phenoxy) is 2. The zero-order valence-corrected chi connectivity index (χ0v) is 22.5. The summed E-state index contributed by atoms with van der Waals surface area (Å²) in [5.41, 5.74) is -0.170. The Balaban J connectivity index is 1.42. The Hall–Kier alpha value is -4.74. The Kier molecular flexibility index (Phi) is 6.47. The lowest BCUT2D eigenvalue weighted by Crippen LogP contribution is -2.38. The molecule has 4 heterocycles. The molecular weight excluding hydrogens is 536 g/mol. The van der Waals surface area contributed by atoms with E-state index in [9.17, 15) is 19.1 Å². The first-order valence-electron chi connectivity index (χ1n) is 13.0. The molecule has 0 spiro atoms. The highest BCUT2D eigenvalue weighted by molar-refractivity contribution is 5.94. The van der Waals surface area contributed by atoms with Gasteiger partial charge in [-0.05, 0) is 43.0 Å². The molecule has 0 unspecified atom stereocenters. The van der Waals surface area contributed by atoms with Gasteiger partial charge in [-0.1, -0.05) is 0 Å². The molecule has 4 aromatic rings. The van der Waals surface area contributed by atoms with Crippen molar-refractivity contribution >= 4 is 28.4 Å². The van der Waals surface area contributed by atoms with E-state index in [4.69, 9.17) is 9.47 Å². The predicted molar refractivity (Wildman–Crippen MR) is 148 cm³/mol. The first kappa shape index (κ1) is 26.5. The lowest BCUT2D eigenvalue weighted by Gasteiger charge is -2.30. The van der Waals surface area contributed by atoms with E-state index in [-0.39, 0.29) is 41.4 Å². The van der Waals surface area contributed by atoms with Crippen LogP contribution in [-0.4, -0.2) is 65.5 Å². The van der Waals surface area contributed by atoms with Gasteiger partial charge >= 0.3 is 5.97 Å². The fourth-order valence-electron chi connectivity index (χ4n) is 5.61. The van der Waals surface area contributed by atoms with E-state index in [0.717, 1.165) is 12.5 Å². The van der Waals surface area contributed by atoms with Gasteiger partial charge in [0, 0.05) is 44.0 Å². The van der Waals surface area contributed by atoms with Crippen LogP contribution in [0.4, 0.5) is 20.3 Å². The number of nitrogens with zero attached hydrogens (tertiary/aromatic N) is 5. The third-order valence-corrected chi connectivity index (χ3v) is 7.71. The maximum Gasteiger partial charge on any atom is 0.341 e. The molecule has 6 rings (SSSR count). The summed E-state index contributed by atoms with van der Waals surface area (Å²) in [6, 6.07) is 7.35. The van der Waals surface area contributed by atoms with E-state index in [2.05, 4.69) is 9.97 Å². The number of aromatic nitrogens is 3. The zero-order valence-electron chi connectivity index (χ0n) is 22.5. The monoisotopic (exact) mass is 563 g/mol. The van der Waals surface area contributed by atoms with E-state index in [1.165, 1.54) is 30.1 Å². The average molecular weight is 564 g/mol. The molecule has 1 aliphatic heterocycles. The zero-order chi connectivity index (χ0) is 29.0. The van der Waals surface area contributed by atoms with Crippen molar-refractivity contribution in [2.45, 2.75) is 24.9 Å². The van der Waals surface area contributed by atoms with Crippen LogP contribution in [0.1, 0.15) is 23.2 Å². The molecule has 10 nitrogen and oxygen atoms in total. The van der Waals surface area contributed by atoms with Crippen LogP contribution in [0, 0.1) is 17.6 Å². The lowest BCUT2D eigenvalue weighted by molar-refractivity contribution is 0.0695. The van der Waals surface area contributed by atoms with E-state index in [1.807, 2.05) is 23.9 Å². The maximum absolute atomic E-state index is 15.8. The number of carbonyl (C=O) groups is 1. The summed E-state index contributed by atoms with van der Waals surface area (Å²) in [5.74, 6) is -1.96. The minimum atomic E-state index is -1.41. The highest BCUT2D eigenvalue weighted by Gasteiger charge is 2.53. The second-order valence-electron chi connectivity index (χ2n) is 10.4. The molecule has 1 saturated carbocycles. The molecule has 1 N–H and O–H groups in total. The van der Waals surface area contributed by atoms with Crippen molar-refractivity contribution in [2.75, 3.05) is 37.6 Å². The third kappa shape index (κ3) is 4.58. The van der Waals surface area contributed by atoms with Crippen LogP contribution in [0.5, 0.6) is 11.6 Å². The fourth-order valence-corrected chi connectivity index (χ4v) is 5.61. The second-order valence-corrected chi connectivity index (χ2v) is 10.4. The number of carboxylic acids is 1. The Bertz CT molecular complexity index is 1730. The molecule has 1 aromatic carbocycles. The van der Waals surface area contributed by atoms with Crippen molar-refractivity contribution in [2.24, 2.45) is 5.92 Å². The van der Waals surface area contributed by atoms with E-state index >= 15 is 4.39 Å². The maximum atomic E-state index is 15.8. The third-order valence-electron chi connectivity index (χ3n) is 7.71. The Morgan fingerprint density at radius 1 is 1.17 bits per heavy atom. The summed E-state index contributed by atoms with van der Waals surface area (Å²) in [6.07, 6.45) is 5.78. The normalized spacial score (nSPS) is 19.2. The van der Waals surface area contributed by atoms with Crippen LogP contribution in [0.2, 0.25) is 0 Å². The van der Waals surface area contributed by atoms with Crippen molar-refractivity contribution in [3.05, 3.63) is 76.3 Å². The first-order chi connectivity index (χ1) is 19.7. The number of methoxy groups -OCH3 is 1. The van der Waals surface area contributed by atoms with Crippen LogP contribution in [0.25, 0.3) is 16.6 Å². The van der Waals surface area contributed by atoms with E-state index in [1.54, 1.807) is 24.4 Å². The van der Waals surface area contributed by atoms with Gasteiger partial charge in [0.2, 0.25) is 11.2 Å². The van der Waals surface area contributed by atoms with Gasteiger partial charge in [0.15, 0.2) is 5.75 Å². The minimum absolute atomic E-state index is 0.00787. The fraction of sp³-hybridized carbons (Fsp3) is 0.310. The van der Waals surface area contributed by atoms with Crippen LogP contribution in [0.3, 0.4) is 0 Å². The van der Waals surface area contributed by atoms with Crippen LogP contribution >= 0.6 is 0 Å². The summed E-state index contributed by atoms with van der Waals surface area (Å²) >= 11 is 0. The number of hydrogen-bond acceptors (Lipinski definition) is 8. The summed E-state index contributed by atoms with van der Waals surface area (Å²) in [4.78, 5) is 37.1. The van der Waals surface area contributed by atoms with Crippen LogP contribution < -0.4 is 24.7 Å². The van der Waals surface area contributed by atoms with Crippen molar-refractivity contribution in [3.8, 4) is 17.3 Å².